The van der Waals surface area contributed by atoms with Crippen LogP contribution in [0.15, 0.2) is 182 Å². The lowest BCUT2D eigenvalue weighted by molar-refractivity contribution is 1.40. The maximum absolute atomic E-state index is 5.48. The van der Waals surface area contributed by atoms with Gasteiger partial charge in [-0.2, -0.15) is 0 Å². The van der Waals surface area contributed by atoms with Crippen molar-refractivity contribution in [1.29, 1.82) is 0 Å². The van der Waals surface area contributed by atoms with Crippen LogP contribution in [0.1, 0.15) is 0 Å². The van der Waals surface area contributed by atoms with Crippen LogP contribution in [0.5, 0.6) is 0 Å². The molecule has 0 aliphatic carbocycles. The number of rotatable bonds is 4. The minimum Gasteiger partial charge on any atom is -0.256 e. The quantitative estimate of drug-likeness (QED) is 0.180. The second-order valence-corrected chi connectivity index (χ2v) is 12.9. The molecule has 2 aromatic heterocycles. The first kappa shape index (κ1) is 28.4. The predicted molar refractivity (Wildman–Crippen MR) is 211 cm³/mol. The van der Waals surface area contributed by atoms with E-state index < -0.39 is 0 Å². The van der Waals surface area contributed by atoms with Crippen molar-refractivity contribution in [2.45, 2.75) is 0 Å². The molecule has 0 saturated carbocycles. The van der Waals surface area contributed by atoms with Crippen molar-refractivity contribution in [3.63, 3.8) is 0 Å². The third-order valence-electron chi connectivity index (χ3n) is 10.1. The zero-order valence-electron chi connectivity index (χ0n) is 27.2. The van der Waals surface area contributed by atoms with Gasteiger partial charge in [-0.3, -0.25) is 4.98 Å². The second-order valence-electron chi connectivity index (χ2n) is 12.9. The maximum Gasteiger partial charge on any atom is 0.0794 e. The summed E-state index contributed by atoms with van der Waals surface area (Å²) in [7, 11) is 0. The number of aromatic nitrogens is 2. The van der Waals surface area contributed by atoms with Crippen LogP contribution < -0.4 is 0 Å². The highest BCUT2D eigenvalue weighted by Crippen LogP contribution is 2.43. The first-order valence-electron chi connectivity index (χ1n) is 17.1. The number of para-hydroxylation sites is 1. The van der Waals surface area contributed by atoms with Crippen LogP contribution in [-0.2, 0) is 0 Å². The van der Waals surface area contributed by atoms with E-state index in [1.54, 1.807) is 0 Å². The summed E-state index contributed by atoms with van der Waals surface area (Å²) >= 11 is 0. The van der Waals surface area contributed by atoms with Crippen molar-refractivity contribution in [3.05, 3.63) is 182 Å². The fourth-order valence-corrected chi connectivity index (χ4v) is 7.72. The number of fused-ring (bicyclic) bond motifs is 6. The van der Waals surface area contributed by atoms with Gasteiger partial charge in [0.25, 0.3) is 0 Å². The molecule has 10 aromatic rings. The van der Waals surface area contributed by atoms with Gasteiger partial charge in [0.05, 0.1) is 16.7 Å². The summed E-state index contributed by atoms with van der Waals surface area (Å²) in [6.07, 6.45) is 1.87. The van der Waals surface area contributed by atoms with E-state index in [-0.39, 0.29) is 0 Å². The maximum atomic E-state index is 5.48. The smallest absolute Gasteiger partial charge is 0.0794 e. The van der Waals surface area contributed by atoms with Gasteiger partial charge < -0.3 is 0 Å². The van der Waals surface area contributed by atoms with Crippen molar-refractivity contribution in [2.24, 2.45) is 0 Å². The summed E-state index contributed by atoms with van der Waals surface area (Å²) in [5.74, 6) is 0. The highest BCUT2D eigenvalue weighted by Gasteiger charge is 2.18. The van der Waals surface area contributed by atoms with Crippen molar-refractivity contribution in [1.82, 2.24) is 9.97 Å². The van der Waals surface area contributed by atoms with Crippen molar-refractivity contribution >= 4 is 54.1 Å². The molecular formula is C48H30N2. The molecule has 0 bridgehead atoms. The lowest BCUT2D eigenvalue weighted by Gasteiger charge is -2.17. The third kappa shape index (κ3) is 4.57. The van der Waals surface area contributed by atoms with Crippen LogP contribution in [0.25, 0.3) is 98.8 Å². The Morgan fingerprint density at radius 1 is 0.300 bits per heavy atom. The summed E-state index contributed by atoms with van der Waals surface area (Å²) < 4.78 is 0. The van der Waals surface area contributed by atoms with E-state index in [4.69, 9.17) is 9.97 Å². The lowest BCUT2D eigenvalue weighted by Crippen LogP contribution is -1.94. The average Bonchev–Trinajstić information content (AvgIpc) is 3.19. The Morgan fingerprint density at radius 3 is 1.52 bits per heavy atom. The van der Waals surface area contributed by atoms with Gasteiger partial charge in [0.1, 0.15) is 0 Å². The molecule has 0 amide bonds. The van der Waals surface area contributed by atoms with Crippen LogP contribution in [-0.4, -0.2) is 9.97 Å². The molecule has 0 spiro atoms. The summed E-state index contributed by atoms with van der Waals surface area (Å²) in [5, 5.41) is 9.56. The van der Waals surface area contributed by atoms with Crippen molar-refractivity contribution in [3.8, 4) is 44.6 Å². The fourth-order valence-electron chi connectivity index (χ4n) is 7.72. The Labute approximate surface area is 290 Å². The standard InChI is InChI=1S/C48H30N2/c1-3-17-36-31(11-1)13-7-22-39(36)43-29-45-44(40-23-8-14-32-12-2-4-18-37(32)40)30-46(50-48(45)42-20-6-5-19-41(42)43)34-26-24-33(25-27-34)38-21-9-15-35-16-10-28-49-47(35)38/h1-30H. The van der Waals surface area contributed by atoms with Crippen LogP contribution in [0, 0.1) is 0 Å². The largest absolute Gasteiger partial charge is 0.256 e. The molecule has 10 rings (SSSR count). The van der Waals surface area contributed by atoms with Crippen LogP contribution >= 0.6 is 0 Å². The number of hydrogen-bond donors (Lipinski definition) is 0. The highest BCUT2D eigenvalue weighted by atomic mass is 14.7. The van der Waals surface area contributed by atoms with E-state index in [0.717, 1.165) is 49.6 Å². The monoisotopic (exact) mass is 634 g/mol. The predicted octanol–water partition coefficient (Wildman–Crippen LogP) is 12.9. The van der Waals surface area contributed by atoms with E-state index in [2.05, 4.69) is 170 Å². The van der Waals surface area contributed by atoms with E-state index in [1.807, 2.05) is 12.3 Å². The topological polar surface area (TPSA) is 25.8 Å². The molecule has 0 fully saturated rings. The minimum atomic E-state index is 0.950. The molecule has 0 saturated heterocycles. The van der Waals surface area contributed by atoms with Gasteiger partial charge in [0.2, 0.25) is 0 Å². The van der Waals surface area contributed by atoms with E-state index in [9.17, 15) is 0 Å². The Kier molecular flexibility index (Phi) is 6.53. The lowest BCUT2D eigenvalue weighted by atomic mass is 9.88. The fraction of sp³-hybridized carbons (Fsp3) is 0. The average molecular weight is 635 g/mol. The molecular weight excluding hydrogens is 605 g/mol. The highest BCUT2D eigenvalue weighted by molar-refractivity contribution is 6.19. The van der Waals surface area contributed by atoms with Crippen LogP contribution in [0.2, 0.25) is 0 Å². The normalized spacial score (nSPS) is 11.6. The molecule has 50 heavy (non-hydrogen) atoms. The molecule has 0 aliphatic rings. The third-order valence-corrected chi connectivity index (χ3v) is 10.1. The van der Waals surface area contributed by atoms with Crippen molar-refractivity contribution in [2.75, 3.05) is 0 Å². The molecule has 2 heteroatoms. The zero-order valence-corrected chi connectivity index (χ0v) is 27.2. The summed E-state index contributed by atoms with van der Waals surface area (Å²) in [6, 6.07) is 63.3. The molecule has 0 aliphatic heterocycles. The Morgan fingerprint density at radius 2 is 0.820 bits per heavy atom. The second kappa shape index (κ2) is 11.5. The molecule has 2 nitrogen and oxygen atoms in total. The Bertz CT molecular complexity index is 2910. The number of nitrogens with zero attached hydrogens (tertiary/aromatic N) is 2. The first-order chi connectivity index (χ1) is 24.8. The Hall–Kier alpha value is -6.64. The molecule has 2 heterocycles. The molecule has 0 N–H and O–H groups in total. The number of pyridine rings is 2. The van der Waals surface area contributed by atoms with Gasteiger partial charge in [0, 0.05) is 33.5 Å². The molecule has 0 radical (unpaired) electrons. The summed E-state index contributed by atoms with van der Waals surface area (Å²) in [4.78, 5) is 10.2. The van der Waals surface area contributed by atoms with Gasteiger partial charge >= 0.3 is 0 Å². The van der Waals surface area contributed by atoms with E-state index in [0.29, 0.717) is 0 Å². The molecule has 0 atom stereocenters. The first-order valence-corrected chi connectivity index (χ1v) is 17.1. The van der Waals surface area contributed by atoms with E-state index >= 15 is 0 Å². The Balaban J connectivity index is 1.25. The van der Waals surface area contributed by atoms with Gasteiger partial charge in [-0.15, -0.1) is 0 Å². The molecule has 8 aromatic carbocycles. The molecule has 232 valence electrons. The summed E-state index contributed by atoms with van der Waals surface area (Å²) in [6.45, 7) is 0. The SMILES string of the molecule is c1ccc2c(-c3cc4c(-c5cccc6ccccc56)cc(-c5ccc(-c6cccc7cccnc67)cc5)nc4c4ccccc34)cccc2c1. The minimum absolute atomic E-state index is 0.950. The van der Waals surface area contributed by atoms with Gasteiger partial charge in [-0.05, 0) is 72.9 Å². The van der Waals surface area contributed by atoms with Gasteiger partial charge in [0.15, 0.2) is 0 Å². The van der Waals surface area contributed by atoms with Crippen LogP contribution in [0.3, 0.4) is 0 Å². The van der Waals surface area contributed by atoms with Crippen LogP contribution in [0.4, 0.5) is 0 Å². The number of hydrogen-bond acceptors (Lipinski definition) is 2. The van der Waals surface area contributed by atoms with Gasteiger partial charge in [-0.1, -0.05) is 158 Å². The summed E-state index contributed by atoms with van der Waals surface area (Å²) in [5.41, 5.74) is 11.1. The van der Waals surface area contributed by atoms with Gasteiger partial charge in [-0.25, -0.2) is 4.98 Å². The van der Waals surface area contributed by atoms with E-state index in [1.165, 1.54) is 49.2 Å². The number of benzene rings is 8. The zero-order chi connectivity index (χ0) is 33.0. The van der Waals surface area contributed by atoms with Crippen molar-refractivity contribution < 1.29 is 0 Å². The molecule has 0 unspecified atom stereocenters.